The predicted molar refractivity (Wildman–Crippen MR) is 115 cm³/mol. The quantitative estimate of drug-likeness (QED) is 0.702. The van der Waals surface area contributed by atoms with Crippen LogP contribution in [-0.2, 0) is 6.54 Å². The lowest BCUT2D eigenvalue weighted by atomic mass is 9.93. The minimum atomic E-state index is 0.443. The number of hydrogen-bond acceptors (Lipinski definition) is 6. The van der Waals surface area contributed by atoms with E-state index in [1.54, 1.807) is 6.20 Å². The van der Waals surface area contributed by atoms with Gasteiger partial charge in [-0.15, -0.1) is 0 Å². The molecule has 4 rings (SSSR count). The van der Waals surface area contributed by atoms with E-state index in [9.17, 15) is 0 Å². The molecular weight excluding hydrogens is 360 g/mol. The van der Waals surface area contributed by atoms with Gasteiger partial charge in [-0.1, -0.05) is 29.8 Å². The summed E-state index contributed by atoms with van der Waals surface area (Å²) in [6.07, 6.45) is 5.83. The summed E-state index contributed by atoms with van der Waals surface area (Å²) in [7, 11) is 0. The monoisotopic (exact) mass is 388 g/mol. The summed E-state index contributed by atoms with van der Waals surface area (Å²) < 4.78 is 0. The van der Waals surface area contributed by atoms with E-state index < -0.39 is 0 Å². The van der Waals surface area contributed by atoms with E-state index in [2.05, 4.69) is 56.4 Å². The minimum Gasteiger partial charge on any atom is -0.307 e. The van der Waals surface area contributed by atoms with Crippen molar-refractivity contribution in [2.75, 3.05) is 18.4 Å². The molecular formula is C23H28N6. The van der Waals surface area contributed by atoms with Crippen LogP contribution in [0.1, 0.15) is 47.0 Å². The number of aromatic nitrogens is 4. The Morgan fingerprint density at radius 1 is 0.966 bits per heavy atom. The molecule has 1 aromatic carbocycles. The summed E-state index contributed by atoms with van der Waals surface area (Å²) in [6.45, 7) is 9.26. The second kappa shape index (κ2) is 8.66. The first-order valence-electron chi connectivity index (χ1n) is 10.2. The number of aryl methyl sites for hydroxylation is 3. The molecule has 3 aromatic rings. The molecule has 150 valence electrons. The first-order chi connectivity index (χ1) is 14.0. The molecule has 0 radical (unpaired) electrons. The molecule has 6 nitrogen and oxygen atoms in total. The summed E-state index contributed by atoms with van der Waals surface area (Å²) in [5.41, 5.74) is 5.64. The number of likely N-dealkylation sites (tertiary alicyclic amines) is 1. The van der Waals surface area contributed by atoms with Gasteiger partial charge in [0, 0.05) is 30.0 Å². The third kappa shape index (κ3) is 5.15. The average Bonchev–Trinajstić information content (AvgIpc) is 2.68. The lowest BCUT2D eigenvalue weighted by Crippen LogP contribution is -2.32. The predicted octanol–water partition coefficient (Wildman–Crippen LogP) is 4.32. The van der Waals surface area contributed by atoms with E-state index in [0.717, 1.165) is 49.6 Å². The fourth-order valence-corrected chi connectivity index (χ4v) is 3.99. The fourth-order valence-electron chi connectivity index (χ4n) is 3.99. The van der Waals surface area contributed by atoms with E-state index in [1.165, 1.54) is 11.1 Å². The maximum Gasteiger partial charge on any atom is 0.228 e. The van der Waals surface area contributed by atoms with Gasteiger partial charge >= 0.3 is 0 Å². The van der Waals surface area contributed by atoms with Crippen LogP contribution in [0.2, 0.25) is 0 Å². The Bertz CT molecular complexity index is 958. The number of piperidine rings is 1. The molecule has 0 saturated carbocycles. The van der Waals surface area contributed by atoms with E-state index in [4.69, 9.17) is 4.98 Å². The molecule has 29 heavy (non-hydrogen) atoms. The Balaban J connectivity index is 1.38. The largest absolute Gasteiger partial charge is 0.307 e. The topological polar surface area (TPSA) is 66.8 Å². The SMILES string of the molecule is Cc1cccc(CN2CCC(c3cncc(Nc4nc(C)cc(C)n4)n3)CC2)c1. The number of rotatable bonds is 5. The van der Waals surface area contributed by atoms with Crippen molar-refractivity contribution in [1.82, 2.24) is 24.8 Å². The molecule has 0 spiro atoms. The van der Waals surface area contributed by atoms with Crippen molar-refractivity contribution < 1.29 is 0 Å². The molecule has 1 fully saturated rings. The van der Waals surface area contributed by atoms with E-state index in [0.29, 0.717) is 17.7 Å². The molecule has 0 unspecified atom stereocenters. The number of nitrogens with zero attached hydrogens (tertiary/aromatic N) is 5. The standard InChI is InChI=1S/C23H28N6/c1-16-5-4-6-19(11-16)15-29-9-7-20(8-10-29)21-13-24-14-22(27-21)28-23-25-17(2)12-18(3)26-23/h4-6,11-14,20H,7-10,15H2,1-3H3,(H,25,26,27,28). The highest BCUT2D eigenvalue weighted by Gasteiger charge is 2.22. The first-order valence-corrected chi connectivity index (χ1v) is 10.2. The van der Waals surface area contributed by atoms with Crippen molar-refractivity contribution in [2.45, 2.75) is 46.1 Å². The molecule has 1 saturated heterocycles. The molecule has 0 aliphatic carbocycles. The summed E-state index contributed by atoms with van der Waals surface area (Å²) in [5, 5.41) is 3.21. The minimum absolute atomic E-state index is 0.443. The summed E-state index contributed by atoms with van der Waals surface area (Å²) >= 11 is 0. The number of anilines is 2. The molecule has 1 N–H and O–H groups in total. The Hall–Kier alpha value is -2.86. The summed E-state index contributed by atoms with van der Waals surface area (Å²) in [4.78, 5) is 20.6. The maximum atomic E-state index is 4.80. The van der Waals surface area contributed by atoms with Crippen molar-refractivity contribution in [2.24, 2.45) is 0 Å². The van der Waals surface area contributed by atoms with Crippen molar-refractivity contribution in [3.63, 3.8) is 0 Å². The zero-order chi connectivity index (χ0) is 20.2. The molecule has 6 heteroatoms. The van der Waals surface area contributed by atoms with Crippen LogP contribution < -0.4 is 5.32 Å². The summed E-state index contributed by atoms with van der Waals surface area (Å²) in [5.74, 6) is 1.72. The van der Waals surface area contributed by atoms with Crippen molar-refractivity contribution in [3.05, 3.63) is 70.9 Å². The second-order valence-corrected chi connectivity index (χ2v) is 7.97. The Labute approximate surface area is 172 Å². The Morgan fingerprint density at radius 2 is 1.72 bits per heavy atom. The van der Waals surface area contributed by atoms with Gasteiger partial charge in [0.2, 0.25) is 5.95 Å². The van der Waals surface area contributed by atoms with Crippen LogP contribution in [0, 0.1) is 20.8 Å². The van der Waals surface area contributed by atoms with Crippen LogP contribution in [0.25, 0.3) is 0 Å². The zero-order valence-corrected chi connectivity index (χ0v) is 17.4. The number of benzene rings is 1. The molecule has 0 atom stereocenters. The van der Waals surface area contributed by atoms with Gasteiger partial charge < -0.3 is 5.32 Å². The van der Waals surface area contributed by atoms with Gasteiger partial charge in [-0.2, -0.15) is 0 Å². The Kier molecular flexibility index (Phi) is 5.81. The third-order valence-corrected chi connectivity index (χ3v) is 5.37. The smallest absolute Gasteiger partial charge is 0.228 e. The first kappa shape index (κ1) is 19.5. The Morgan fingerprint density at radius 3 is 2.45 bits per heavy atom. The van der Waals surface area contributed by atoms with Gasteiger partial charge in [0.25, 0.3) is 0 Å². The molecule has 3 heterocycles. The van der Waals surface area contributed by atoms with Gasteiger partial charge in [-0.25, -0.2) is 15.0 Å². The van der Waals surface area contributed by atoms with Gasteiger partial charge in [0.05, 0.1) is 11.9 Å². The van der Waals surface area contributed by atoms with Gasteiger partial charge in [0.1, 0.15) is 0 Å². The molecule has 2 aromatic heterocycles. The van der Waals surface area contributed by atoms with Crippen molar-refractivity contribution >= 4 is 11.8 Å². The summed E-state index contributed by atoms with van der Waals surface area (Å²) in [6, 6.07) is 10.7. The van der Waals surface area contributed by atoms with Gasteiger partial charge in [0.15, 0.2) is 5.82 Å². The van der Waals surface area contributed by atoms with E-state index >= 15 is 0 Å². The molecule has 1 aliphatic rings. The highest BCUT2D eigenvalue weighted by molar-refractivity contribution is 5.46. The highest BCUT2D eigenvalue weighted by atomic mass is 15.2. The van der Waals surface area contributed by atoms with Crippen LogP contribution in [-0.4, -0.2) is 37.9 Å². The highest BCUT2D eigenvalue weighted by Crippen LogP contribution is 2.28. The molecule has 1 aliphatic heterocycles. The second-order valence-electron chi connectivity index (χ2n) is 7.97. The van der Waals surface area contributed by atoms with Crippen molar-refractivity contribution in [3.8, 4) is 0 Å². The maximum absolute atomic E-state index is 4.80. The number of nitrogens with one attached hydrogen (secondary N) is 1. The molecule has 0 amide bonds. The number of hydrogen-bond donors (Lipinski definition) is 1. The van der Waals surface area contributed by atoms with E-state index in [-0.39, 0.29) is 0 Å². The van der Waals surface area contributed by atoms with Crippen LogP contribution >= 0.6 is 0 Å². The average molecular weight is 389 g/mol. The van der Waals surface area contributed by atoms with Crippen LogP contribution in [0.3, 0.4) is 0 Å². The van der Waals surface area contributed by atoms with Crippen LogP contribution in [0.5, 0.6) is 0 Å². The third-order valence-electron chi connectivity index (χ3n) is 5.37. The van der Waals surface area contributed by atoms with Gasteiger partial charge in [-0.05, 0) is 58.3 Å². The molecule has 0 bridgehead atoms. The van der Waals surface area contributed by atoms with Crippen LogP contribution in [0.4, 0.5) is 11.8 Å². The lowest BCUT2D eigenvalue weighted by Gasteiger charge is -2.31. The fraction of sp³-hybridized carbons (Fsp3) is 0.391. The van der Waals surface area contributed by atoms with E-state index in [1.807, 2.05) is 26.1 Å². The van der Waals surface area contributed by atoms with Crippen molar-refractivity contribution in [1.29, 1.82) is 0 Å². The lowest BCUT2D eigenvalue weighted by molar-refractivity contribution is 0.203. The zero-order valence-electron chi connectivity index (χ0n) is 17.4. The normalized spacial score (nSPS) is 15.4. The van der Waals surface area contributed by atoms with Crippen LogP contribution in [0.15, 0.2) is 42.7 Å². The van der Waals surface area contributed by atoms with Gasteiger partial charge in [-0.3, -0.25) is 9.88 Å².